The van der Waals surface area contributed by atoms with Gasteiger partial charge in [0.2, 0.25) is 21.7 Å². The lowest BCUT2D eigenvalue weighted by Crippen LogP contribution is -2.26. The maximum atomic E-state index is 12.2. The number of sulfonamides is 1. The van der Waals surface area contributed by atoms with E-state index in [9.17, 15) is 8.42 Å². The van der Waals surface area contributed by atoms with Crippen molar-refractivity contribution < 1.29 is 17.7 Å². The molecular formula is C18H19N3O4S. The van der Waals surface area contributed by atoms with Crippen molar-refractivity contribution in [2.24, 2.45) is 0 Å². The number of rotatable bonds is 7. The van der Waals surface area contributed by atoms with Crippen molar-refractivity contribution in [2.45, 2.75) is 18.2 Å². The van der Waals surface area contributed by atoms with E-state index in [0.29, 0.717) is 23.9 Å². The molecule has 3 aromatic rings. The fraction of sp³-hybridized carbons (Fsp3) is 0.222. The summed E-state index contributed by atoms with van der Waals surface area (Å²) in [6.45, 7) is 2.06. The van der Waals surface area contributed by atoms with Gasteiger partial charge in [0.05, 0.1) is 12.0 Å². The fourth-order valence-corrected chi connectivity index (χ4v) is 3.36. The molecule has 26 heavy (non-hydrogen) atoms. The summed E-state index contributed by atoms with van der Waals surface area (Å²) in [4.78, 5) is 4.52. The van der Waals surface area contributed by atoms with Gasteiger partial charge >= 0.3 is 0 Å². The molecule has 0 aliphatic rings. The number of hydrogen-bond acceptors (Lipinski definition) is 6. The Bertz CT molecular complexity index is 982. The van der Waals surface area contributed by atoms with Gasteiger partial charge in [-0.1, -0.05) is 35.0 Å². The second-order valence-corrected chi connectivity index (χ2v) is 7.47. The highest BCUT2D eigenvalue weighted by Gasteiger charge is 2.14. The molecule has 0 saturated heterocycles. The van der Waals surface area contributed by atoms with Crippen LogP contribution in [0.25, 0.3) is 11.4 Å². The molecule has 3 rings (SSSR count). The summed E-state index contributed by atoms with van der Waals surface area (Å²) < 4.78 is 37.4. The summed E-state index contributed by atoms with van der Waals surface area (Å²) in [6, 6.07) is 14.0. The predicted octanol–water partition coefficient (Wildman–Crippen LogP) is 2.57. The first-order valence-corrected chi connectivity index (χ1v) is 9.49. The summed E-state index contributed by atoms with van der Waals surface area (Å²) in [6.07, 6.45) is 0.294. The van der Waals surface area contributed by atoms with Gasteiger partial charge in [0.1, 0.15) is 5.75 Å². The van der Waals surface area contributed by atoms with Gasteiger partial charge in [-0.3, -0.25) is 0 Å². The molecule has 7 nitrogen and oxygen atoms in total. The van der Waals surface area contributed by atoms with E-state index in [2.05, 4.69) is 14.9 Å². The van der Waals surface area contributed by atoms with Gasteiger partial charge in [-0.05, 0) is 31.2 Å². The van der Waals surface area contributed by atoms with Crippen molar-refractivity contribution in [3.05, 3.63) is 60.0 Å². The lowest BCUT2D eigenvalue weighted by molar-refractivity contribution is 0.379. The Labute approximate surface area is 152 Å². The molecule has 8 heteroatoms. The Morgan fingerprint density at radius 2 is 1.92 bits per heavy atom. The normalized spacial score (nSPS) is 11.5. The standard InChI is InChI=1S/C18H19N3O4S/c1-13-6-8-16(9-7-13)26(22,23)19-11-10-17-20-18(21-25-17)14-4-3-5-15(12-14)24-2/h3-9,12,19H,10-11H2,1-2H3. The first kappa shape index (κ1) is 18.1. The smallest absolute Gasteiger partial charge is 0.240 e. The molecule has 0 saturated carbocycles. The van der Waals surface area contributed by atoms with Crippen molar-refractivity contribution >= 4 is 10.0 Å². The highest BCUT2D eigenvalue weighted by atomic mass is 32.2. The minimum Gasteiger partial charge on any atom is -0.497 e. The number of nitrogens with zero attached hydrogens (tertiary/aromatic N) is 2. The van der Waals surface area contributed by atoms with Crippen LogP contribution in [0.2, 0.25) is 0 Å². The summed E-state index contributed by atoms with van der Waals surface area (Å²) in [5.74, 6) is 1.48. The van der Waals surface area contributed by atoms with Crippen LogP contribution in [0.4, 0.5) is 0 Å². The summed E-state index contributed by atoms with van der Waals surface area (Å²) in [7, 11) is -1.97. The van der Waals surface area contributed by atoms with E-state index in [4.69, 9.17) is 9.26 Å². The summed E-state index contributed by atoms with van der Waals surface area (Å²) >= 11 is 0. The third kappa shape index (κ3) is 4.27. The van der Waals surface area contributed by atoms with Gasteiger partial charge < -0.3 is 9.26 Å². The Morgan fingerprint density at radius 1 is 1.15 bits per heavy atom. The van der Waals surface area contributed by atoms with Crippen LogP contribution in [-0.4, -0.2) is 32.2 Å². The number of ether oxygens (including phenoxy) is 1. The Hall–Kier alpha value is -2.71. The quantitative estimate of drug-likeness (QED) is 0.684. The van der Waals surface area contributed by atoms with E-state index in [-0.39, 0.29) is 11.4 Å². The highest BCUT2D eigenvalue weighted by Crippen LogP contribution is 2.21. The lowest BCUT2D eigenvalue weighted by atomic mass is 10.2. The van der Waals surface area contributed by atoms with Crippen LogP contribution >= 0.6 is 0 Å². The second kappa shape index (κ2) is 7.67. The van der Waals surface area contributed by atoms with E-state index in [0.717, 1.165) is 11.1 Å². The lowest BCUT2D eigenvalue weighted by Gasteiger charge is -2.05. The van der Waals surface area contributed by atoms with Gasteiger partial charge in [0.25, 0.3) is 0 Å². The van der Waals surface area contributed by atoms with Crippen molar-refractivity contribution in [3.63, 3.8) is 0 Å². The highest BCUT2D eigenvalue weighted by molar-refractivity contribution is 7.89. The zero-order valence-corrected chi connectivity index (χ0v) is 15.3. The van der Waals surface area contributed by atoms with Gasteiger partial charge in [-0.15, -0.1) is 0 Å². The van der Waals surface area contributed by atoms with Crippen LogP contribution < -0.4 is 9.46 Å². The third-order valence-corrected chi connectivity index (χ3v) is 5.24. The topological polar surface area (TPSA) is 94.3 Å². The molecule has 0 amide bonds. The van der Waals surface area contributed by atoms with Crippen LogP contribution in [0.15, 0.2) is 57.9 Å². The van der Waals surface area contributed by atoms with E-state index in [1.165, 1.54) is 0 Å². The molecule has 0 atom stereocenters. The number of methoxy groups -OCH3 is 1. The molecule has 2 aromatic carbocycles. The number of nitrogens with one attached hydrogen (secondary N) is 1. The molecule has 0 radical (unpaired) electrons. The molecule has 0 spiro atoms. The summed E-state index contributed by atoms with van der Waals surface area (Å²) in [5, 5.41) is 3.93. The average Bonchev–Trinajstić information content (AvgIpc) is 3.11. The minimum atomic E-state index is -3.56. The van der Waals surface area contributed by atoms with Crippen LogP contribution in [0, 0.1) is 6.92 Å². The van der Waals surface area contributed by atoms with E-state index in [1.54, 1.807) is 37.4 Å². The average molecular weight is 373 g/mol. The summed E-state index contributed by atoms with van der Waals surface area (Å²) in [5.41, 5.74) is 1.76. The molecule has 0 aliphatic carbocycles. The zero-order valence-electron chi connectivity index (χ0n) is 14.5. The maximum absolute atomic E-state index is 12.2. The first-order valence-electron chi connectivity index (χ1n) is 8.01. The molecule has 0 aliphatic heterocycles. The van der Waals surface area contributed by atoms with Gasteiger partial charge in [0, 0.05) is 18.5 Å². The Balaban J connectivity index is 1.62. The zero-order chi connectivity index (χ0) is 18.6. The van der Waals surface area contributed by atoms with Crippen molar-refractivity contribution in [2.75, 3.05) is 13.7 Å². The number of aromatic nitrogens is 2. The molecule has 0 bridgehead atoms. The van der Waals surface area contributed by atoms with Crippen molar-refractivity contribution in [3.8, 4) is 17.1 Å². The largest absolute Gasteiger partial charge is 0.497 e. The van der Waals surface area contributed by atoms with Crippen LogP contribution in [-0.2, 0) is 16.4 Å². The second-order valence-electron chi connectivity index (χ2n) is 5.70. The first-order chi connectivity index (χ1) is 12.5. The van der Waals surface area contributed by atoms with E-state index in [1.807, 2.05) is 25.1 Å². The Kier molecular flexibility index (Phi) is 5.34. The number of benzene rings is 2. The molecular weight excluding hydrogens is 354 g/mol. The van der Waals surface area contributed by atoms with Gasteiger partial charge in [-0.2, -0.15) is 4.98 Å². The van der Waals surface area contributed by atoms with Crippen LogP contribution in [0.3, 0.4) is 0 Å². The molecule has 1 N–H and O–H groups in total. The van der Waals surface area contributed by atoms with Crippen LogP contribution in [0.1, 0.15) is 11.5 Å². The van der Waals surface area contributed by atoms with Gasteiger partial charge in [-0.25, -0.2) is 13.1 Å². The third-order valence-electron chi connectivity index (χ3n) is 3.76. The fourth-order valence-electron chi connectivity index (χ4n) is 2.33. The molecule has 136 valence electrons. The van der Waals surface area contributed by atoms with Crippen molar-refractivity contribution in [1.29, 1.82) is 0 Å². The monoisotopic (exact) mass is 373 g/mol. The minimum absolute atomic E-state index is 0.163. The number of aryl methyl sites for hydroxylation is 1. The molecule has 1 heterocycles. The van der Waals surface area contributed by atoms with Gasteiger partial charge in [0.15, 0.2) is 0 Å². The predicted molar refractivity (Wildman–Crippen MR) is 96.4 cm³/mol. The van der Waals surface area contributed by atoms with E-state index < -0.39 is 10.0 Å². The molecule has 1 aromatic heterocycles. The van der Waals surface area contributed by atoms with Crippen molar-refractivity contribution in [1.82, 2.24) is 14.9 Å². The molecule has 0 fully saturated rings. The molecule has 0 unspecified atom stereocenters. The van der Waals surface area contributed by atoms with Crippen LogP contribution in [0.5, 0.6) is 5.75 Å². The number of hydrogen-bond donors (Lipinski definition) is 1. The van der Waals surface area contributed by atoms with E-state index >= 15 is 0 Å². The Morgan fingerprint density at radius 3 is 2.65 bits per heavy atom. The maximum Gasteiger partial charge on any atom is 0.240 e. The SMILES string of the molecule is COc1cccc(-c2noc(CCNS(=O)(=O)c3ccc(C)cc3)n2)c1.